The molecular weight excluding hydrogens is 414 g/mol. The number of amides is 2. The first-order chi connectivity index (χ1) is 12.5. The third-order valence-electron chi connectivity index (χ3n) is 4.19. The summed E-state index contributed by atoms with van der Waals surface area (Å²) < 4.78 is 0.910. The molecule has 0 aliphatic heterocycles. The highest BCUT2D eigenvalue weighted by Crippen LogP contribution is 2.38. The number of carbonyl (C=O) groups is 2. The lowest BCUT2D eigenvalue weighted by Gasteiger charge is -2.11. The van der Waals surface area contributed by atoms with Gasteiger partial charge >= 0.3 is 0 Å². The normalized spacial score (nSPS) is 13.6. The van der Waals surface area contributed by atoms with E-state index in [9.17, 15) is 14.9 Å². The Balaban J connectivity index is 1.89. The van der Waals surface area contributed by atoms with Crippen LogP contribution in [-0.2, 0) is 17.6 Å². The maximum Gasteiger partial charge on any atom is 0.266 e. The predicted octanol–water partition coefficient (Wildman–Crippen LogP) is 4.03. The molecular formula is C19H16BrN3O2S. The van der Waals surface area contributed by atoms with Gasteiger partial charge in [0.25, 0.3) is 11.8 Å². The molecule has 26 heavy (non-hydrogen) atoms. The summed E-state index contributed by atoms with van der Waals surface area (Å²) >= 11 is 4.72. The molecule has 1 aromatic carbocycles. The van der Waals surface area contributed by atoms with Crippen LogP contribution in [0.4, 0.5) is 5.00 Å². The van der Waals surface area contributed by atoms with Gasteiger partial charge in [-0.3, -0.25) is 9.59 Å². The van der Waals surface area contributed by atoms with Crippen LogP contribution in [0.5, 0.6) is 0 Å². The minimum Gasteiger partial charge on any atom is -0.365 e. The fourth-order valence-corrected chi connectivity index (χ4v) is 4.51. The Labute approximate surface area is 163 Å². The molecule has 3 N–H and O–H groups in total. The highest BCUT2D eigenvalue weighted by molar-refractivity contribution is 9.10. The van der Waals surface area contributed by atoms with Crippen LogP contribution in [0.1, 0.15) is 39.2 Å². The van der Waals surface area contributed by atoms with Gasteiger partial charge in [0, 0.05) is 9.35 Å². The molecule has 0 bridgehead atoms. The Bertz CT molecular complexity index is 939. The number of anilines is 1. The second-order valence-corrected chi connectivity index (χ2v) is 7.98. The lowest BCUT2D eigenvalue weighted by atomic mass is 9.95. The zero-order valence-corrected chi connectivity index (χ0v) is 16.2. The van der Waals surface area contributed by atoms with Gasteiger partial charge in [-0.25, -0.2) is 0 Å². The summed E-state index contributed by atoms with van der Waals surface area (Å²) in [6, 6.07) is 9.18. The van der Waals surface area contributed by atoms with E-state index in [-0.39, 0.29) is 5.57 Å². The number of nitrogens with two attached hydrogens (primary N) is 1. The molecule has 5 nitrogen and oxygen atoms in total. The van der Waals surface area contributed by atoms with Crippen molar-refractivity contribution < 1.29 is 9.59 Å². The van der Waals surface area contributed by atoms with Gasteiger partial charge in [-0.15, -0.1) is 11.3 Å². The molecule has 2 aromatic rings. The molecule has 7 heteroatoms. The summed E-state index contributed by atoms with van der Waals surface area (Å²) in [5.74, 6) is -1.09. The standard InChI is InChI=1S/C19H16BrN3O2S/c20-13-7-5-11(6-8-13)9-12(10-21)18(25)23-19-16(17(22)24)14-3-1-2-4-15(14)26-19/h5-9H,1-4H2,(H2,22,24)(H,23,25). The second kappa shape index (κ2) is 7.85. The third-order valence-corrected chi connectivity index (χ3v) is 5.93. The van der Waals surface area contributed by atoms with Gasteiger partial charge < -0.3 is 11.1 Å². The number of nitriles is 1. The fraction of sp³-hybridized carbons (Fsp3) is 0.211. The number of fused-ring (bicyclic) bond motifs is 1. The molecule has 1 aliphatic carbocycles. The number of primary amides is 1. The fourth-order valence-electron chi connectivity index (χ4n) is 2.96. The number of aryl methyl sites for hydroxylation is 1. The van der Waals surface area contributed by atoms with E-state index in [1.54, 1.807) is 12.1 Å². The topological polar surface area (TPSA) is 96.0 Å². The van der Waals surface area contributed by atoms with Crippen molar-refractivity contribution in [2.24, 2.45) is 5.73 Å². The Morgan fingerprint density at radius 2 is 1.92 bits per heavy atom. The van der Waals surface area contributed by atoms with Crippen molar-refractivity contribution in [2.45, 2.75) is 25.7 Å². The molecule has 0 radical (unpaired) electrons. The zero-order chi connectivity index (χ0) is 18.7. The van der Waals surface area contributed by atoms with Gasteiger partial charge in [0.15, 0.2) is 0 Å². The quantitative estimate of drug-likeness (QED) is 0.566. The minimum atomic E-state index is -0.546. The van der Waals surface area contributed by atoms with E-state index < -0.39 is 11.8 Å². The maximum atomic E-state index is 12.5. The number of hydrogen-bond donors (Lipinski definition) is 2. The van der Waals surface area contributed by atoms with E-state index in [0.717, 1.165) is 46.2 Å². The molecule has 0 saturated heterocycles. The average Bonchev–Trinajstić information content (AvgIpc) is 2.99. The molecule has 0 spiro atoms. The number of halogens is 1. The number of carbonyl (C=O) groups excluding carboxylic acids is 2. The van der Waals surface area contributed by atoms with Crippen molar-refractivity contribution in [1.29, 1.82) is 5.26 Å². The number of nitrogens with zero attached hydrogens (tertiary/aromatic N) is 1. The molecule has 0 saturated carbocycles. The van der Waals surface area contributed by atoms with Crippen molar-refractivity contribution in [3.05, 3.63) is 55.9 Å². The van der Waals surface area contributed by atoms with Gasteiger partial charge in [0.05, 0.1) is 5.56 Å². The first-order valence-electron chi connectivity index (χ1n) is 8.12. The van der Waals surface area contributed by atoms with Gasteiger partial charge in [0.2, 0.25) is 0 Å². The van der Waals surface area contributed by atoms with E-state index in [4.69, 9.17) is 5.73 Å². The lowest BCUT2D eigenvalue weighted by molar-refractivity contribution is -0.112. The molecule has 0 fully saturated rings. The molecule has 2 amide bonds. The van der Waals surface area contributed by atoms with Crippen LogP contribution in [-0.4, -0.2) is 11.8 Å². The van der Waals surface area contributed by atoms with Crippen LogP contribution < -0.4 is 11.1 Å². The van der Waals surface area contributed by atoms with E-state index in [1.807, 2.05) is 18.2 Å². The molecule has 1 heterocycles. The first kappa shape index (κ1) is 18.4. The Morgan fingerprint density at radius 3 is 2.58 bits per heavy atom. The summed E-state index contributed by atoms with van der Waals surface area (Å²) in [5.41, 5.74) is 7.57. The summed E-state index contributed by atoms with van der Waals surface area (Å²) in [5, 5.41) is 12.5. The zero-order valence-electron chi connectivity index (χ0n) is 13.8. The van der Waals surface area contributed by atoms with Gasteiger partial charge in [-0.05, 0) is 55.0 Å². The second-order valence-electron chi connectivity index (χ2n) is 5.95. The summed E-state index contributed by atoms with van der Waals surface area (Å²) in [4.78, 5) is 25.5. The van der Waals surface area contributed by atoms with Gasteiger partial charge in [0.1, 0.15) is 16.6 Å². The van der Waals surface area contributed by atoms with Crippen LogP contribution >= 0.6 is 27.3 Å². The van der Waals surface area contributed by atoms with Crippen molar-refractivity contribution >= 4 is 50.2 Å². The number of thiophene rings is 1. The highest BCUT2D eigenvalue weighted by Gasteiger charge is 2.25. The summed E-state index contributed by atoms with van der Waals surface area (Å²) in [6.45, 7) is 0. The van der Waals surface area contributed by atoms with Crippen molar-refractivity contribution in [2.75, 3.05) is 5.32 Å². The molecule has 0 atom stereocenters. The summed E-state index contributed by atoms with van der Waals surface area (Å²) in [7, 11) is 0. The van der Waals surface area contributed by atoms with E-state index in [2.05, 4.69) is 21.2 Å². The average molecular weight is 430 g/mol. The monoisotopic (exact) mass is 429 g/mol. The Kier molecular flexibility index (Phi) is 5.55. The van der Waals surface area contributed by atoms with E-state index in [1.165, 1.54) is 17.4 Å². The van der Waals surface area contributed by atoms with E-state index in [0.29, 0.717) is 10.6 Å². The van der Waals surface area contributed by atoms with E-state index >= 15 is 0 Å². The van der Waals surface area contributed by atoms with Crippen LogP contribution in [0.25, 0.3) is 6.08 Å². The van der Waals surface area contributed by atoms with Gasteiger partial charge in [-0.1, -0.05) is 28.1 Å². The SMILES string of the molecule is N#CC(=Cc1ccc(Br)cc1)C(=O)Nc1sc2c(c1C(N)=O)CCCC2. The number of hydrogen-bond acceptors (Lipinski definition) is 4. The molecule has 132 valence electrons. The van der Waals surface area contributed by atoms with Crippen LogP contribution in [0.15, 0.2) is 34.3 Å². The minimum absolute atomic E-state index is 0.0332. The smallest absolute Gasteiger partial charge is 0.266 e. The van der Waals surface area contributed by atoms with Crippen LogP contribution in [0.2, 0.25) is 0 Å². The maximum absolute atomic E-state index is 12.5. The number of rotatable bonds is 4. The largest absolute Gasteiger partial charge is 0.365 e. The lowest BCUT2D eigenvalue weighted by Crippen LogP contribution is -2.19. The van der Waals surface area contributed by atoms with Crippen molar-refractivity contribution in [1.82, 2.24) is 0 Å². The molecule has 1 aliphatic rings. The predicted molar refractivity (Wildman–Crippen MR) is 106 cm³/mol. The Morgan fingerprint density at radius 1 is 1.23 bits per heavy atom. The van der Waals surface area contributed by atoms with Crippen molar-refractivity contribution in [3.8, 4) is 6.07 Å². The van der Waals surface area contributed by atoms with Crippen LogP contribution in [0.3, 0.4) is 0 Å². The first-order valence-corrected chi connectivity index (χ1v) is 9.73. The summed E-state index contributed by atoms with van der Waals surface area (Å²) in [6.07, 6.45) is 5.26. The number of nitrogens with one attached hydrogen (secondary N) is 1. The van der Waals surface area contributed by atoms with Crippen LogP contribution in [0, 0.1) is 11.3 Å². The highest BCUT2D eigenvalue weighted by atomic mass is 79.9. The van der Waals surface area contributed by atoms with Gasteiger partial charge in [-0.2, -0.15) is 5.26 Å². The molecule has 0 unspecified atom stereocenters. The number of benzene rings is 1. The third kappa shape index (κ3) is 3.87. The van der Waals surface area contributed by atoms with Crippen molar-refractivity contribution in [3.63, 3.8) is 0 Å². The Hall–Kier alpha value is -2.43. The molecule has 3 rings (SSSR count). The molecule has 1 aromatic heterocycles.